The second-order valence-corrected chi connectivity index (χ2v) is 19.0. The van der Waals surface area contributed by atoms with Gasteiger partial charge >= 0.3 is 15.6 Å². The maximum Gasteiger partial charge on any atom is 0.475 e. The molecule has 3 aliphatic rings. The van der Waals surface area contributed by atoms with Crippen LogP contribution in [0.5, 0.6) is 0 Å². The number of nitrogens with zero attached hydrogens (tertiary/aromatic N) is 8. The first-order chi connectivity index (χ1) is 31.8. The van der Waals surface area contributed by atoms with Crippen LogP contribution in [0, 0.1) is 23.8 Å². The third-order valence-corrected chi connectivity index (χ3v) is 14.2. The zero-order chi connectivity index (χ0) is 46.6. The topological polar surface area (TPSA) is 306 Å². The van der Waals surface area contributed by atoms with Crippen LogP contribution in [0.1, 0.15) is 54.3 Å². The molecule has 3 fully saturated rings. The second-order valence-electron chi connectivity index (χ2n) is 15.0. The molecule has 8 rings (SSSR count). The summed E-state index contributed by atoms with van der Waals surface area (Å²) in [5.41, 5.74) is 0.0363. The molecule has 2 bridgehead atoms. The molecule has 25 nitrogen and oxygen atoms in total. The molecule has 2 amide bonds. The van der Waals surface area contributed by atoms with Gasteiger partial charge in [-0.05, 0) is 23.7 Å². The summed E-state index contributed by atoms with van der Waals surface area (Å²) in [5, 5.41) is 14.7. The number of amides is 2. The van der Waals surface area contributed by atoms with Crippen LogP contribution in [-0.2, 0) is 55.3 Å². The molecule has 348 valence electrons. The quantitative estimate of drug-likeness (QED) is 0.0817. The van der Waals surface area contributed by atoms with E-state index in [4.69, 9.17) is 47.9 Å². The minimum Gasteiger partial charge on any atom is -0.376 e. The van der Waals surface area contributed by atoms with Crippen molar-refractivity contribution in [3.05, 3.63) is 75.2 Å². The molecule has 0 aliphatic carbocycles. The minimum absolute atomic E-state index is 0.0359. The van der Waals surface area contributed by atoms with Gasteiger partial charge in [0.15, 0.2) is 23.2 Å². The first-order valence-electron chi connectivity index (χ1n) is 20.3. The first-order valence-corrected chi connectivity index (χ1v) is 23.9. The third-order valence-electron chi connectivity index (χ3n) is 10.3. The van der Waals surface area contributed by atoms with E-state index < -0.39 is 102 Å². The molecule has 0 radical (unpaired) electrons. The summed E-state index contributed by atoms with van der Waals surface area (Å²) in [6.07, 6.45) is -6.33. The van der Waals surface area contributed by atoms with Gasteiger partial charge in [-0.3, -0.25) is 56.4 Å². The monoisotopic (exact) mass is 969 g/mol. The van der Waals surface area contributed by atoms with Gasteiger partial charge in [-0.2, -0.15) is 14.6 Å². The van der Waals surface area contributed by atoms with Crippen LogP contribution in [0.2, 0.25) is 0 Å². The number of hydrogen-bond donors (Lipinski definition) is 3. The number of imidazole rings is 1. The normalized spacial score (nSPS) is 27.9. The number of carbonyl (C=O) groups is 2. The molecule has 66 heavy (non-hydrogen) atoms. The fraction of sp³-hybridized carbons (Fsp3) is 0.474. The first kappa shape index (κ1) is 47.1. The van der Waals surface area contributed by atoms with E-state index in [0.717, 1.165) is 11.5 Å². The Labute approximate surface area is 378 Å². The molecule has 0 saturated carbocycles. The van der Waals surface area contributed by atoms with Gasteiger partial charge < -0.3 is 24.4 Å². The number of methoxy groups -OCH3 is 1. The van der Waals surface area contributed by atoms with Crippen molar-refractivity contribution in [2.24, 2.45) is 5.92 Å². The van der Waals surface area contributed by atoms with Crippen molar-refractivity contribution < 1.29 is 60.1 Å². The van der Waals surface area contributed by atoms with Crippen molar-refractivity contribution in [2.45, 2.75) is 69.5 Å². The smallest absolute Gasteiger partial charge is 0.376 e. The third kappa shape index (κ3) is 10.1. The molecule has 4 aromatic heterocycles. The lowest BCUT2D eigenvalue weighted by Crippen LogP contribution is -2.37. The zero-order valence-corrected chi connectivity index (χ0v) is 37.8. The number of anilines is 2. The van der Waals surface area contributed by atoms with Gasteiger partial charge in [0.2, 0.25) is 18.4 Å². The summed E-state index contributed by atoms with van der Waals surface area (Å²) in [7, 11) is -8.15. The van der Waals surface area contributed by atoms with Crippen molar-refractivity contribution in [1.82, 2.24) is 33.9 Å². The highest BCUT2D eigenvalue weighted by Gasteiger charge is 2.54. The number of aromatic amines is 1. The van der Waals surface area contributed by atoms with Crippen LogP contribution < -0.4 is 16.2 Å². The lowest BCUT2D eigenvalue weighted by atomic mass is 10.1. The van der Waals surface area contributed by atoms with E-state index in [1.165, 1.54) is 24.3 Å². The van der Waals surface area contributed by atoms with E-state index in [1.807, 2.05) is 6.07 Å². The fourth-order valence-electron chi connectivity index (χ4n) is 7.14. The van der Waals surface area contributed by atoms with E-state index in [9.17, 15) is 28.8 Å². The van der Waals surface area contributed by atoms with Crippen LogP contribution >= 0.6 is 27.2 Å². The van der Waals surface area contributed by atoms with E-state index in [1.54, 1.807) is 44.2 Å². The fourth-order valence-corrected chi connectivity index (χ4v) is 10.8. The summed E-state index contributed by atoms with van der Waals surface area (Å²) < 4.78 is 89.5. The largest absolute Gasteiger partial charge is 0.475 e. The van der Waals surface area contributed by atoms with Crippen molar-refractivity contribution >= 4 is 73.0 Å². The molecule has 28 heteroatoms. The summed E-state index contributed by atoms with van der Waals surface area (Å²) in [5.74, 6) is -1.38. The molecule has 7 heterocycles. The van der Waals surface area contributed by atoms with Crippen molar-refractivity contribution in [3.63, 3.8) is 0 Å². The highest BCUT2D eigenvalue weighted by atomic mass is 32.1. The molecule has 5 aromatic rings. The molecule has 3 saturated heterocycles. The van der Waals surface area contributed by atoms with Gasteiger partial charge in [0.25, 0.3) is 11.5 Å². The maximum atomic E-state index is 14.8. The van der Waals surface area contributed by atoms with Gasteiger partial charge in [-0.25, -0.2) is 30.7 Å². The van der Waals surface area contributed by atoms with Crippen molar-refractivity contribution in [3.8, 4) is 6.07 Å². The number of carbonyl (C=O) groups excluding carboxylic acids is 2. The molecule has 2 unspecified atom stereocenters. The Balaban J connectivity index is 1.13. The van der Waals surface area contributed by atoms with Crippen LogP contribution in [0.15, 0.2) is 47.8 Å². The van der Waals surface area contributed by atoms with Crippen LogP contribution in [0.25, 0.3) is 27.0 Å². The van der Waals surface area contributed by atoms with Gasteiger partial charge in [0.05, 0.1) is 49.6 Å². The average molecular weight is 970 g/mol. The Morgan fingerprint density at radius 2 is 1.77 bits per heavy atom. The van der Waals surface area contributed by atoms with Crippen molar-refractivity contribution in [2.75, 3.05) is 50.7 Å². The highest BCUT2D eigenvalue weighted by molar-refractivity contribution is 7.48. The van der Waals surface area contributed by atoms with Gasteiger partial charge in [0.1, 0.15) is 54.5 Å². The zero-order valence-electron chi connectivity index (χ0n) is 35.2. The molecule has 9 atom stereocenters. The Morgan fingerprint density at radius 3 is 2.52 bits per heavy atom. The Kier molecular flexibility index (Phi) is 14.4. The van der Waals surface area contributed by atoms with Gasteiger partial charge in [-0.1, -0.05) is 32.0 Å². The predicted molar refractivity (Wildman–Crippen MR) is 229 cm³/mol. The Morgan fingerprint density at radius 1 is 1.02 bits per heavy atom. The number of phosphoric ester groups is 2. The molecule has 1 aromatic carbocycles. The van der Waals surface area contributed by atoms with E-state index in [0.29, 0.717) is 16.0 Å². The lowest BCUT2D eigenvalue weighted by molar-refractivity contribution is -0.118. The van der Waals surface area contributed by atoms with E-state index in [2.05, 4.69) is 44.8 Å². The SMILES string of the molecule is [C-]#[N+]CCOP1(=O)OC[C@H]2O[C@@H](n3cnc4c(=O)[nH]c(NC(=O)C(C)C)nc43)[C@H](OP(=O)(OCCC#N)OC[C@H]3O[C@@H](c4snc5c(NC(=O)c6ccccc6)ncnc45)C[C@@H]3O1)[C@@H]2OC. The number of nitriles is 1. The predicted octanol–water partition coefficient (Wildman–Crippen LogP) is 4.71. The maximum absolute atomic E-state index is 14.8. The van der Waals surface area contributed by atoms with Gasteiger partial charge in [-0.15, -0.1) is 0 Å². The number of benzene rings is 1. The van der Waals surface area contributed by atoms with Crippen LogP contribution in [0.4, 0.5) is 11.8 Å². The number of nitrogens with one attached hydrogen (secondary N) is 3. The highest BCUT2D eigenvalue weighted by Crippen LogP contribution is 2.58. The number of aromatic nitrogens is 7. The number of H-pyrrole nitrogens is 1. The molecular weight excluding hydrogens is 928 g/mol. The standard InChI is InChI=1S/C38H41N11O14P2S/c1-20(2)34(50)46-38-45-33-28(36(52)47-38)43-19-49(33)37-30-29(55-4)25(61-37)17-59-64(53,57-14-12-40-3)62-22-15-23(60-24(22)16-58-65(54,63-30)56-13-8-11-39)31-26-27(48-66-31)32(42-18-41-26)44-35(51)21-9-6-5-7-10-21/h5-7,9-10,18-20,22-25,29-30,37H,8,12-17H2,1-2,4H3,(H,41,42,44,51)(H2,45,46,47,50,52)/t22-,23+,24+,25+,29+,30+,37+,64?,65?/m0/s1. The number of fused-ring (bicyclic) bond motifs is 5. The molecule has 3 aliphatic heterocycles. The average Bonchev–Trinajstić information content (AvgIpc) is 4.10. The molecule has 3 N–H and O–H groups in total. The van der Waals surface area contributed by atoms with E-state index in [-0.39, 0.29) is 54.4 Å². The Bertz CT molecular complexity index is 2830. The van der Waals surface area contributed by atoms with Crippen LogP contribution in [-0.4, -0.2) is 116 Å². The lowest BCUT2D eigenvalue weighted by Gasteiger charge is -2.28. The Hall–Kier alpha value is -5.44. The summed E-state index contributed by atoms with van der Waals surface area (Å²) in [6.45, 7) is 8.43. The number of hydrogen-bond acceptors (Lipinski definition) is 21. The number of rotatable bonds is 13. The van der Waals surface area contributed by atoms with Crippen molar-refractivity contribution in [1.29, 1.82) is 5.26 Å². The van der Waals surface area contributed by atoms with Crippen LogP contribution in [0.3, 0.4) is 0 Å². The van der Waals surface area contributed by atoms with E-state index >= 15 is 0 Å². The molecular formula is C38H41N11O14P2S. The summed E-state index contributed by atoms with van der Waals surface area (Å²) >= 11 is 1.01. The minimum atomic E-state index is -4.79. The van der Waals surface area contributed by atoms with Gasteiger partial charge in [0, 0.05) is 25.0 Å². The number of phosphoric acid groups is 2. The molecule has 0 spiro atoms. The summed E-state index contributed by atoms with van der Waals surface area (Å²) in [6, 6.07) is 10.4. The number of ether oxygens (including phenoxy) is 3. The second kappa shape index (κ2) is 20.2. The summed E-state index contributed by atoms with van der Waals surface area (Å²) in [4.78, 5) is 62.2.